The number of carboxylic acid groups (broad SMARTS) is 1. The smallest absolute Gasteiger partial charge is 0.332 e. The van der Waals surface area contributed by atoms with E-state index >= 15 is 0 Å². The second-order valence-corrected chi connectivity index (χ2v) is 4.80. The zero-order valence-corrected chi connectivity index (χ0v) is 9.29. The van der Waals surface area contributed by atoms with E-state index in [1.54, 1.807) is 0 Å². The van der Waals surface area contributed by atoms with E-state index in [1.807, 2.05) is 0 Å². The molecule has 0 aromatic rings. The molecular weight excluding hydrogens is 246 g/mol. The van der Waals surface area contributed by atoms with Crippen LogP contribution in [0.3, 0.4) is 0 Å². The summed E-state index contributed by atoms with van der Waals surface area (Å²) in [5, 5.41) is 8.65. The fourth-order valence-corrected chi connectivity index (χ4v) is 1.94. The maximum Gasteiger partial charge on any atom is 0.332 e. The molecule has 7 nitrogen and oxygen atoms in total. The summed E-state index contributed by atoms with van der Waals surface area (Å²) in [4.78, 5) is 21.9. The van der Waals surface area contributed by atoms with Crippen molar-refractivity contribution in [3.8, 4) is 0 Å². The third-order valence-electron chi connectivity index (χ3n) is 1.63. The molecule has 0 aromatic heterocycles. The number of carbonyl (C=O) groups is 2. The van der Waals surface area contributed by atoms with Crippen LogP contribution in [-0.2, 0) is 19.7 Å². The van der Waals surface area contributed by atoms with Crippen molar-refractivity contribution in [3.63, 3.8) is 0 Å². The van der Waals surface area contributed by atoms with Crippen molar-refractivity contribution in [2.75, 3.05) is 11.5 Å². The SMILES string of the molecule is N[C@@](CS(=O)(=O)O)(C(=O)O)C(=O)CCS. The van der Waals surface area contributed by atoms with E-state index in [0.717, 1.165) is 0 Å². The van der Waals surface area contributed by atoms with Crippen molar-refractivity contribution >= 4 is 34.5 Å². The number of nitrogens with two attached hydrogens (primary N) is 1. The molecule has 0 aliphatic carbocycles. The summed E-state index contributed by atoms with van der Waals surface area (Å²) >= 11 is 3.69. The van der Waals surface area contributed by atoms with Gasteiger partial charge in [-0.3, -0.25) is 9.35 Å². The summed E-state index contributed by atoms with van der Waals surface area (Å²) in [6, 6.07) is 0. The lowest BCUT2D eigenvalue weighted by Gasteiger charge is -2.20. The molecule has 0 rings (SSSR count). The van der Waals surface area contributed by atoms with Gasteiger partial charge in [-0.1, -0.05) is 0 Å². The van der Waals surface area contributed by atoms with Gasteiger partial charge in [-0.25, -0.2) is 4.79 Å². The second-order valence-electron chi connectivity index (χ2n) is 2.90. The molecular formula is C6H11NO6S2. The molecule has 0 heterocycles. The molecule has 88 valence electrons. The quantitative estimate of drug-likeness (QED) is 0.259. The molecule has 0 saturated heterocycles. The van der Waals surface area contributed by atoms with Crippen molar-refractivity contribution in [2.24, 2.45) is 5.73 Å². The lowest BCUT2D eigenvalue weighted by Crippen LogP contribution is -2.59. The summed E-state index contributed by atoms with van der Waals surface area (Å²) in [6.45, 7) is 0. The van der Waals surface area contributed by atoms with E-state index < -0.39 is 33.2 Å². The van der Waals surface area contributed by atoms with E-state index in [1.165, 1.54) is 0 Å². The normalized spacial score (nSPS) is 15.7. The van der Waals surface area contributed by atoms with Gasteiger partial charge in [-0.15, -0.1) is 0 Å². The van der Waals surface area contributed by atoms with Crippen LogP contribution >= 0.6 is 12.6 Å². The molecule has 1 atom stereocenters. The Morgan fingerprint density at radius 1 is 1.40 bits per heavy atom. The highest BCUT2D eigenvalue weighted by molar-refractivity contribution is 7.85. The summed E-state index contributed by atoms with van der Waals surface area (Å²) in [7, 11) is -4.64. The lowest BCUT2D eigenvalue weighted by molar-refractivity contribution is -0.147. The molecule has 0 fully saturated rings. The minimum atomic E-state index is -4.64. The molecule has 0 bridgehead atoms. The number of hydrogen-bond donors (Lipinski definition) is 4. The molecule has 0 saturated carbocycles. The van der Waals surface area contributed by atoms with Gasteiger partial charge in [0.2, 0.25) is 0 Å². The van der Waals surface area contributed by atoms with E-state index in [9.17, 15) is 18.0 Å². The lowest BCUT2D eigenvalue weighted by atomic mass is 9.96. The Bertz CT molecular complexity index is 364. The van der Waals surface area contributed by atoms with Gasteiger partial charge in [0.15, 0.2) is 11.3 Å². The van der Waals surface area contributed by atoms with Gasteiger partial charge in [-0.2, -0.15) is 21.0 Å². The van der Waals surface area contributed by atoms with Gasteiger partial charge in [0.05, 0.1) is 0 Å². The molecule has 9 heteroatoms. The maximum atomic E-state index is 11.3. The van der Waals surface area contributed by atoms with Crippen molar-refractivity contribution in [1.82, 2.24) is 0 Å². The number of Topliss-reactive ketones (excluding diaryl/α,β-unsaturated/α-hetero) is 1. The third kappa shape index (κ3) is 4.16. The summed E-state index contributed by atoms with van der Waals surface area (Å²) in [5.41, 5.74) is 2.52. The Labute approximate surface area is 91.8 Å². The average molecular weight is 257 g/mol. The molecule has 0 aromatic carbocycles. The molecule has 0 spiro atoms. The third-order valence-corrected chi connectivity index (χ3v) is 2.67. The number of aliphatic carboxylic acids is 1. The first-order valence-electron chi connectivity index (χ1n) is 3.75. The largest absolute Gasteiger partial charge is 0.480 e. The van der Waals surface area contributed by atoms with Crippen molar-refractivity contribution in [3.05, 3.63) is 0 Å². The summed E-state index contributed by atoms with van der Waals surface area (Å²) in [5.74, 6) is -4.10. The first-order valence-corrected chi connectivity index (χ1v) is 5.99. The highest BCUT2D eigenvalue weighted by atomic mass is 32.2. The second kappa shape index (κ2) is 4.92. The number of ketones is 1. The fraction of sp³-hybridized carbons (Fsp3) is 0.667. The number of hydrogen-bond acceptors (Lipinski definition) is 6. The van der Waals surface area contributed by atoms with Crippen LogP contribution in [0.25, 0.3) is 0 Å². The van der Waals surface area contributed by atoms with Crippen LogP contribution in [0.4, 0.5) is 0 Å². The number of carboxylic acids is 1. The monoisotopic (exact) mass is 257 g/mol. The van der Waals surface area contributed by atoms with Gasteiger partial charge in [0, 0.05) is 6.42 Å². The van der Waals surface area contributed by atoms with E-state index in [4.69, 9.17) is 15.4 Å². The average Bonchev–Trinajstić information content (AvgIpc) is 2.01. The molecule has 0 aliphatic heterocycles. The van der Waals surface area contributed by atoms with Gasteiger partial charge in [0.1, 0.15) is 5.75 Å². The molecule has 15 heavy (non-hydrogen) atoms. The number of carbonyl (C=O) groups excluding carboxylic acids is 1. The van der Waals surface area contributed by atoms with Gasteiger partial charge >= 0.3 is 5.97 Å². The Morgan fingerprint density at radius 2 is 1.87 bits per heavy atom. The Balaban J connectivity index is 5.08. The van der Waals surface area contributed by atoms with Crippen LogP contribution in [0, 0.1) is 0 Å². The van der Waals surface area contributed by atoms with Crippen LogP contribution in [0.15, 0.2) is 0 Å². The molecule has 0 unspecified atom stereocenters. The highest BCUT2D eigenvalue weighted by Gasteiger charge is 2.44. The number of rotatable bonds is 6. The Morgan fingerprint density at radius 3 is 2.13 bits per heavy atom. The number of thiol groups is 1. The first-order chi connectivity index (χ1) is 6.63. The minimum Gasteiger partial charge on any atom is -0.480 e. The van der Waals surface area contributed by atoms with Crippen LogP contribution in [-0.4, -0.2) is 46.9 Å². The van der Waals surface area contributed by atoms with Crippen LogP contribution in [0.1, 0.15) is 6.42 Å². The van der Waals surface area contributed by atoms with Crippen molar-refractivity contribution in [1.29, 1.82) is 0 Å². The minimum absolute atomic E-state index is 0.0382. The first kappa shape index (κ1) is 14.4. The van der Waals surface area contributed by atoms with E-state index in [-0.39, 0.29) is 12.2 Å². The fourth-order valence-electron chi connectivity index (χ4n) is 0.874. The standard InChI is InChI=1S/C6H11NO6S2/c7-6(5(9)10,3-15(11,12)13)4(8)1-2-14/h14H,1-3,7H2,(H,9,10)(H,11,12,13)/t6-/m1/s1. The molecule has 4 N–H and O–H groups in total. The van der Waals surface area contributed by atoms with Gasteiger partial charge in [0.25, 0.3) is 10.1 Å². The van der Waals surface area contributed by atoms with Crippen molar-refractivity contribution in [2.45, 2.75) is 12.0 Å². The zero-order valence-electron chi connectivity index (χ0n) is 7.58. The molecule has 0 amide bonds. The van der Waals surface area contributed by atoms with Crippen LogP contribution < -0.4 is 5.73 Å². The molecule has 0 radical (unpaired) electrons. The topological polar surface area (TPSA) is 135 Å². The van der Waals surface area contributed by atoms with E-state index in [2.05, 4.69) is 12.6 Å². The molecule has 0 aliphatic rings. The zero-order chi connectivity index (χ0) is 12.3. The Kier molecular flexibility index (Phi) is 4.71. The van der Waals surface area contributed by atoms with E-state index in [0.29, 0.717) is 0 Å². The van der Waals surface area contributed by atoms with Gasteiger partial charge in [-0.05, 0) is 5.75 Å². The van der Waals surface area contributed by atoms with Crippen molar-refractivity contribution < 1.29 is 27.7 Å². The summed E-state index contributed by atoms with van der Waals surface area (Å²) < 4.78 is 29.5. The Hall–Kier alpha value is -0.640. The predicted molar refractivity (Wildman–Crippen MR) is 54.4 cm³/mol. The summed E-state index contributed by atoms with van der Waals surface area (Å²) in [6.07, 6.45) is -0.290. The highest BCUT2D eigenvalue weighted by Crippen LogP contribution is 2.10. The maximum absolute atomic E-state index is 11.3. The van der Waals surface area contributed by atoms with Crippen LogP contribution in [0.2, 0.25) is 0 Å². The van der Waals surface area contributed by atoms with Gasteiger partial charge < -0.3 is 10.8 Å². The predicted octanol–water partition coefficient (Wildman–Crippen LogP) is -1.45. The van der Waals surface area contributed by atoms with Crippen LogP contribution in [0.5, 0.6) is 0 Å².